The van der Waals surface area contributed by atoms with Gasteiger partial charge < -0.3 is 4.74 Å². The fourth-order valence-electron chi connectivity index (χ4n) is 2.15. The van der Waals surface area contributed by atoms with Crippen LogP contribution in [0.4, 0.5) is 0 Å². The Kier molecular flexibility index (Phi) is 3.15. The van der Waals surface area contributed by atoms with Crippen LogP contribution in [0.3, 0.4) is 0 Å². The molecule has 0 unspecified atom stereocenters. The zero-order valence-electron chi connectivity index (χ0n) is 11.6. The maximum Gasteiger partial charge on any atom is 0.142 e. The smallest absolute Gasteiger partial charge is 0.142 e. The van der Waals surface area contributed by atoms with E-state index < -0.39 is 0 Å². The van der Waals surface area contributed by atoms with Crippen molar-refractivity contribution in [3.8, 4) is 5.75 Å². The van der Waals surface area contributed by atoms with Crippen molar-refractivity contribution in [1.29, 1.82) is 0 Å². The maximum absolute atomic E-state index is 6.01. The lowest BCUT2D eigenvalue weighted by Gasteiger charge is -2.27. The van der Waals surface area contributed by atoms with Crippen LogP contribution >= 0.6 is 0 Å². The lowest BCUT2D eigenvalue weighted by atomic mass is 9.81. The van der Waals surface area contributed by atoms with E-state index in [-0.39, 0.29) is 5.41 Å². The minimum absolute atomic E-state index is 0.104. The molecule has 0 spiro atoms. The van der Waals surface area contributed by atoms with Crippen molar-refractivity contribution in [1.82, 2.24) is 4.98 Å². The van der Waals surface area contributed by atoms with Gasteiger partial charge in [-0.05, 0) is 29.7 Å². The van der Waals surface area contributed by atoms with E-state index >= 15 is 0 Å². The van der Waals surface area contributed by atoms with Crippen LogP contribution in [0.15, 0.2) is 12.4 Å². The van der Waals surface area contributed by atoms with E-state index in [1.54, 1.807) is 0 Å². The number of ether oxygens (including phenoxy) is 1. The monoisotopic (exact) mass is 233 g/mol. The molecule has 17 heavy (non-hydrogen) atoms. The molecule has 94 valence electrons. The first-order valence-corrected chi connectivity index (χ1v) is 6.54. The van der Waals surface area contributed by atoms with Gasteiger partial charge in [-0.15, -0.1) is 0 Å². The minimum Gasteiger partial charge on any atom is -0.488 e. The lowest BCUT2D eigenvalue weighted by molar-refractivity contribution is 0.292. The van der Waals surface area contributed by atoms with Crippen molar-refractivity contribution >= 4 is 0 Å². The quantitative estimate of drug-likeness (QED) is 0.786. The molecule has 1 aliphatic rings. The van der Waals surface area contributed by atoms with E-state index in [1.165, 1.54) is 24.0 Å². The predicted molar refractivity (Wildman–Crippen MR) is 70.7 cm³/mol. The van der Waals surface area contributed by atoms with E-state index in [1.807, 2.05) is 12.4 Å². The normalized spacial score (nSPS) is 16.4. The van der Waals surface area contributed by atoms with Gasteiger partial charge in [0.15, 0.2) is 0 Å². The fourth-order valence-corrected chi connectivity index (χ4v) is 2.15. The third-order valence-corrected chi connectivity index (χ3v) is 3.13. The van der Waals surface area contributed by atoms with Gasteiger partial charge in [-0.1, -0.05) is 34.6 Å². The molecular formula is C15H23NO. The zero-order chi connectivity index (χ0) is 12.6. The molecule has 2 rings (SSSR count). The van der Waals surface area contributed by atoms with Gasteiger partial charge in [0.1, 0.15) is 5.75 Å². The Labute approximate surface area is 104 Å². The van der Waals surface area contributed by atoms with Crippen molar-refractivity contribution in [3.63, 3.8) is 0 Å². The number of hydrogen-bond acceptors (Lipinski definition) is 2. The van der Waals surface area contributed by atoms with Crippen LogP contribution in [0.2, 0.25) is 0 Å². The second-order valence-corrected chi connectivity index (χ2v) is 6.32. The second kappa shape index (κ2) is 4.32. The van der Waals surface area contributed by atoms with Crippen LogP contribution in [0, 0.1) is 0 Å². The Morgan fingerprint density at radius 1 is 1.24 bits per heavy atom. The first-order valence-electron chi connectivity index (χ1n) is 6.54. The number of hydrogen-bond donors (Lipinski definition) is 0. The summed E-state index contributed by atoms with van der Waals surface area (Å²) in [7, 11) is 0. The van der Waals surface area contributed by atoms with Crippen LogP contribution in [-0.2, 0) is 5.41 Å². The standard InChI is InChI=1S/C15H23NO/c1-10(2)12-8-16-9-13(17-11-6-7-11)14(12)15(3,4)5/h8-11H,6-7H2,1-5H3. The first-order chi connectivity index (χ1) is 7.89. The van der Waals surface area contributed by atoms with Gasteiger partial charge in [-0.25, -0.2) is 0 Å². The molecule has 2 heteroatoms. The Hall–Kier alpha value is -1.05. The van der Waals surface area contributed by atoms with Crippen LogP contribution in [-0.4, -0.2) is 11.1 Å². The zero-order valence-corrected chi connectivity index (χ0v) is 11.6. The largest absolute Gasteiger partial charge is 0.488 e. The Balaban J connectivity index is 2.45. The summed E-state index contributed by atoms with van der Waals surface area (Å²) < 4.78 is 6.01. The molecule has 2 nitrogen and oxygen atoms in total. The summed E-state index contributed by atoms with van der Waals surface area (Å²) >= 11 is 0. The second-order valence-electron chi connectivity index (χ2n) is 6.32. The lowest BCUT2D eigenvalue weighted by Crippen LogP contribution is -2.18. The summed E-state index contributed by atoms with van der Waals surface area (Å²) in [6.45, 7) is 11.2. The molecule has 1 aliphatic carbocycles. The molecule has 0 amide bonds. The summed E-state index contributed by atoms with van der Waals surface area (Å²) in [4.78, 5) is 4.34. The highest BCUT2D eigenvalue weighted by Crippen LogP contribution is 2.39. The highest BCUT2D eigenvalue weighted by Gasteiger charge is 2.29. The maximum atomic E-state index is 6.01. The van der Waals surface area contributed by atoms with Gasteiger partial charge in [0, 0.05) is 11.8 Å². The molecule has 1 aromatic heterocycles. The number of pyridine rings is 1. The average molecular weight is 233 g/mol. The minimum atomic E-state index is 0.104. The molecule has 0 atom stereocenters. The summed E-state index contributed by atoms with van der Waals surface area (Å²) in [5.74, 6) is 1.48. The van der Waals surface area contributed by atoms with Crippen LogP contribution in [0.5, 0.6) is 5.75 Å². The average Bonchev–Trinajstić information content (AvgIpc) is 2.99. The van der Waals surface area contributed by atoms with Crippen molar-refractivity contribution in [2.45, 2.75) is 64.9 Å². The number of rotatable bonds is 3. The molecule has 1 aromatic rings. The van der Waals surface area contributed by atoms with Gasteiger partial charge in [0.05, 0.1) is 12.3 Å². The molecule has 0 aromatic carbocycles. The van der Waals surface area contributed by atoms with Crippen molar-refractivity contribution in [2.75, 3.05) is 0 Å². The molecule has 1 saturated carbocycles. The van der Waals surface area contributed by atoms with Gasteiger partial charge in [-0.2, -0.15) is 0 Å². The highest BCUT2D eigenvalue weighted by molar-refractivity contribution is 5.43. The van der Waals surface area contributed by atoms with E-state index in [2.05, 4.69) is 39.6 Å². The van der Waals surface area contributed by atoms with Crippen molar-refractivity contribution in [2.24, 2.45) is 0 Å². The van der Waals surface area contributed by atoms with Crippen LogP contribution in [0.25, 0.3) is 0 Å². The van der Waals surface area contributed by atoms with Gasteiger partial charge in [0.2, 0.25) is 0 Å². The summed E-state index contributed by atoms with van der Waals surface area (Å²) in [6, 6.07) is 0. The van der Waals surface area contributed by atoms with Crippen molar-refractivity contribution < 1.29 is 4.74 Å². The Bertz CT molecular complexity index is 400. The number of aromatic nitrogens is 1. The third-order valence-electron chi connectivity index (χ3n) is 3.13. The van der Waals surface area contributed by atoms with Crippen molar-refractivity contribution in [3.05, 3.63) is 23.5 Å². The van der Waals surface area contributed by atoms with Gasteiger partial charge in [0.25, 0.3) is 0 Å². The molecule has 0 radical (unpaired) electrons. The van der Waals surface area contributed by atoms with Crippen LogP contribution < -0.4 is 4.74 Å². The van der Waals surface area contributed by atoms with E-state index in [4.69, 9.17) is 4.74 Å². The summed E-state index contributed by atoms with van der Waals surface area (Å²) in [5.41, 5.74) is 2.75. The molecule has 1 fully saturated rings. The fraction of sp³-hybridized carbons (Fsp3) is 0.667. The Morgan fingerprint density at radius 3 is 2.35 bits per heavy atom. The van der Waals surface area contributed by atoms with E-state index in [9.17, 15) is 0 Å². The summed E-state index contributed by atoms with van der Waals surface area (Å²) in [6.07, 6.45) is 6.68. The topological polar surface area (TPSA) is 22.1 Å². The molecule has 0 aliphatic heterocycles. The summed E-state index contributed by atoms with van der Waals surface area (Å²) in [5, 5.41) is 0. The highest BCUT2D eigenvalue weighted by atomic mass is 16.5. The van der Waals surface area contributed by atoms with Gasteiger partial charge in [-0.3, -0.25) is 4.98 Å². The van der Waals surface area contributed by atoms with E-state index in [0.29, 0.717) is 12.0 Å². The molecular weight excluding hydrogens is 210 g/mol. The first kappa shape index (κ1) is 12.4. The molecule has 0 saturated heterocycles. The Morgan fingerprint density at radius 2 is 1.88 bits per heavy atom. The SMILES string of the molecule is CC(C)c1cncc(OC2CC2)c1C(C)(C)C. The van der Waals surface area contributed by atoms with Gasteiger partial charge >= 0.3 is 0 Å². The van der Waals surface area contributed by atoms with E-state index in [0.717, 1.165) is 5.75 Å². The third kappa shape index (κ3) is 2.80. The molecule has 0 N–H and O–H groups in total. The molecule has 1 heterocycles. The molecule has 0 bridgehead atoms. The van der Waals surface area contributed by atoms with Crippen LogP contribution in [0.1, 0.15) is 64.5 Å². The number of nitrogens with zero attached hydrogens (tertiary/aromatic N) is 1. The predicted octanol–water partition coefficient (Wildman–Crippen LogP) is 4.04.